The average Bonchev–Trinajstić information content (AvgIpc) is 2.41. The minimum absolute atomic E-state index is 0.147. The van der Waals surface area contributed by atoms with E-state index in [-0.39, 0.29) is 5.25 Å². The van der Waals surface area contributed by atoms with Gasteiger partial charge in [0.1, 0.15) is 11.6 Å². The fourth-order valence-electron chi connectivity index (χ4n) is 2.73. The van der Waals surface area contributed by atoms with Crippen molar-refractivity contribution in [2.45, 2.75) is 42.8 Å². The number of halogens is 2. The fourth-order valence-corrected chi connectivity index (χ4v) is 4.16. The fraction of sp³-hybridized carbons (Fsp3) is 0.533. The van der Waals surface area contributed by atoms with Gasteiger partial charge in [0.2, 0.25) is 0 Å². The van der Waals surface area contributed by atoms with Gasteiger partial charge in [0.05, 0.1) is 5.92 Å². The summed E-state index contributed by atoms with van der Waals surface area (Å²) in [5.74, 6) is -2.01. The smallest absolute Gasteiger partial charge is 0.307 e. The van der Waals surface area contributed by atoms with Crippen LogP contribution < -0.4 is 0 Å². The molecule has 1 aliphatic rings. The SMILES string of the molecule is CCC1CCC(C(=O)O)C(Sc2ccc(F)cc2F)C1. The van der Waals surface area contributed by atoms with Crippen molar-refractivity contribution in [3.8, 4) is 0 Å². The van der Waals surface area contributed by atoms with Crippen LogP contribution in [-0.2, 0) is 4.79 Å². The molecule has 0 amide bonds. The largest absolute Gasteiger partial charge is 0.481 e. The summed E-state index contributed by atoms with van der Waals surface area (Å²) in [6, 6.07) is 3.45. The van der Waals surface area contributed by atoms with Crippen molar-refractivity contribution >= 4 is 17.7 Å². The van der Waals surface area contributed by atoms with Gasteiger partial charge in [-0.15, -0.1) is 11.8 Å². The van der Waals surface area contributed by atoms with E-state index in [1.54, 1.807) is 0 Å². The van der Waals surface area contributed by atoms with Crippen LogP contribution in [0.15, 0.2) is 23.1 Å². The van der Waals surface area contributed by atoms with Crippen LogP contribution in [0, 0.1) is 23.5 Å². The Balaban J connectivity index is 2.16. The number of rotatable bonds is 4. The maximum atomic E-state index is 13.7. The molecule has 0 bridgehead atoms. The summed E-state index contributed by atoms with van der Waals surface area (Å²) in [5, 5.41) is 9.14. The molecule has 1 N–H and O–H groups in total. The second-order valence-electron chi connectivity index (χ2n) is 5.26. The second-order valence-corrected chi connectivity index (χ2v) is 6.54. The zero-order chi connectivity index (χ0) is 14.7. The Morgan fingerprint density at radius 1 is 1.40 bits per heavy atom. The first-order valence-corrected chi connectivity index (χ1v) is 7.73. The zero-order valence-electron chi connectivity index (χ0n) is 11.3. The number of carboxylic acids is 1. The molecule has 0 heterocycles. The molecule has 0 radical (unpaired) electrons. The highest BCUT2D eigenvalue weighted by atomic mass is 32.2. The Kier molecular flexibility index (Phi) is 5.02. The first-order chi connectivity index (χ1) is 9.51. The van der Waals surface area contributed by atoms with Gasteiger partial charge >= 0.3 is 5.97 Å². The van der Waals surface area contributed by atoms with Crippen LogP contribution in [0.3, 0.4) is 0 Å². The van der Waals surface area contributed by atoms with Gasteiger partial charge in [0.15, 0.2) is 0 Å². The molecule has 2 rings (SSSR count). The van der Waals surface area contributed by atoms with E-state index in [0.29, 0.717) is 17.2 Å². The molecular weight excluding hydrogens is 282 g/mol. The Labute approximate surface area is 121 Å². The standard InChI is InChI=1S/C15H18F2O2S/c1-2-9-3-5-11(15(18)19)14(7-9)20-13-6-4-10(16)8-12(13)17/h4,6,8-9,11,14H,2-3,5,7H2,1H3,(H,18,19). The van der Waals surface area contributed by atoms with Gasteiger partial charge in [-0.2, -0.15) is 0 Å². The number of benzene rings is 1. The monoisotopic (exact) mass is 300 g/mol. The van der Waals surface area contributed by atoms with E-state index < -0.39 is 23.5 Å². The van der Waals surface area contributed by atoms with Crippen molar-refractivity contribution in [2.75, 3.05) is 0 Å². The molecule has 3 atom stereocenters. The van der Waals surface area contributed by atoms with Crippen LogP contribution in [0.2, 0.25) is 0 Å². The summed E-state index contributed by atoms with van der Waals surface area (Å²) in [6.07, 6.45) is 3.33. The van der Waals surface area contributed by atoms with Crippen molar-refractivity contribution in [3.05, 3.63) is 29.8 Å². The molecular formula is C15H18F2O2S. The van der Waals surface area contributed by atoms with Crippen LogP contribution in [0.25, 0.3) is 0 Å². The number of carbonyl (C=O) groups is 1. The lowest BCUT2D eigenvalue weighted by atomic mass is 9.80. The lowest BCUT2D eigenvalue weighted by Crippen LogP contribution is -2.32. The summed E-state index contributed by atoms with van der Waals surface area (Å²) in [5.41, 5.74) is 0. The van der Waals surface area contributed by atoms with Crippen LogP contribution in [0.4, 0.5) is 8.78 Å². The Hall–Kier alpha value is -1.10. The Morgan fingerprint density at radius 2 is 2.15 bits per heavy atom. The predicted molar refractivity (Wildman–Crippen MR) is 74.8 cm³/mol. The molecule has 110 valence electrons. The predicted octanol–water partition coefficient (Wildman–Crippen LogP) is 4.34. The lowest BCUT2D eigenvalue weighted by Gasteiger charge is -2.33. The molecule has 0 aliphatic heterocycles. The highest BCUT2D eigenvalue weighted by molar-refractivity contribution is 8.00. The molecule has 1 aromatic rings. The summed E-state index contributed by atoms with van der Waals surface area (Å²) >= 11 is 1.23. The van der Waals surface area contributed by atoms with Gasteiger partial charge in [0, 0.05) is 16.2 Å². The first-order valence-electron chi connectivity index (χ1n) is 6.85. The molecule has 2 nitrogen and oxygen atoms in total. The van der Waals surface area contributed by atoms with Gasteiger partial charge in [0.25, 0.3) is 0 Å². The lowest BCUT2D eigenvalue weighted by molar-refractivity contribution is -0.142. The second kappa shape index (κ2) is 6.57. The van der Waals surface area contributed by atoms with Gasteiger partial charge in [-0.1, -0.05) is 13.3 Å². The van der Waals surface area contributed by atoms with Crippen molar-refractivity contribution in [3.63, 3.8) is 0 Å². The molecule has 5 heteroatoms. The number of thioether (sulfide) groups is 1. The van der Waals surface area contributed by atoms with Crippen molar-refractivity contribution < 1.29 is 18.7 Å². The Morgan fingerprint density at radius 3 is 2.75 bits per heavy atom. The average molecular weight is 300 g/mol. The van der Waals surface area contributed by atoms with E-state index in [9.17, 15) is 18.7 Å². The van der Waals surface area contributed by atoms with Crippen molar-refractivity contribution in [1.82, 2.24) is 0 Å². The quantitative estimate of drug-likeness (QED) is 0.899. The number of hydrogen-bond acceptors (Lipinski definition) is 2. The molecule has 0 aromatic heterocycles. The normalized spacial score (nSPS) is 26.4. The minimum Gasteiger partial charge on any atom is -0.481 e. The van der Waals surface area contributed by atoms with E-state index in [1.807, 2.05) is 0 Å². The van der Waals surface area contributed by atoms with Gasteiger partial charge in [-0.25, -0.2) is 8.78 Å². The van der Waals surface area contributed by atoms with Crippen LogP contribution >= 0.6 is 11.8 Å². The number of carboxylic acid groups (broad SMARTS) is 1. The molecule has 1 aliphatic carbocycles. The van der Waals surface area contributed by atoms with Gasteiger partial charge < -0.3 is 5.11 Å². The first kappa shape index (κ1) is 15.3. The number of hydrogen-bond donors (Lipinski definition) is 1. The van der Waals surface area contributed by atoms with Crippen LogP contribution in [-0.4, -0.2) is 16.3 Å². The summed E-state index contributed by atoms with van der Waals surface area (Å²) in [4.78, 5) is 11.7. The van der Waals surface area contributed by atoms with E-state index in [0.717, 1.165) is 25.3 Å². The molecule has 0 saturated heterocycles. The van der Waals surface area contributed by atoms with Crippen molar-refractivity contribution in [2.24, 2.45) is 11.8 Å². The molecule has 1 aromatic carbocycles. The highest BCUT2D eigenvalue weighted by Gasteiger charge is 2.35. The zero-order valence-corrected chi connectivity index (χ0v) is 12.1. The summed E-state index contributed by atoms with van der Waals surface area (Å²) in [7, 11) is 0. The Bertz CT molecular complexity index is 493. The maximum absolute atomic E-state index is 13.7. The topological polar surface area (TPSA) is 37.3 Å². The summed E-state index contributed by atoms with van der Waals surface area (Å²) in [6.45, 7) is 2.09. The third-order valence-corrected chi connectivity index (χ3v) is 5.38. The van der Waals surface area contributed by atoms with E-state index in [2.05, 4.69) is 6.92 Å². The third kappa shape index (κ3) is 3.51. The van der Waals surface area contributed by atoms with Gasteiger partial charge in [-0.3, -0.25) is 4.79 Å². The van der Waals surface area contributed by atoms with Crippen LogP contribution in [0.1, 0.15) is 32.6 Å². The van der Waals surface area contributed by atoms with Crippen LogP contribution in [0.5, 0.6) is 0 Å². The third-order valence-electron chi connectivity index (χ3n) is 3.97. The van der Waals surface area contributed by atoms with Crippen molar-refractivity contribution in [1.29, 1.82) is 0 Å². The van der Waals surface area contributed by atoms with E-state index in [4.69, 9.17) is 0 Å². The molecule has 0 spiro atoms. The number of aliphatic carboxylic acids is 1. The maximum Gasteiger partial charge on any atom is 0.307 e. The van der Waals surface area contributed by atoms with E-state index in [1.165, 1.54) is 23.9 Å². The highest BCUT2D eigenvalue weighted by Crippen LogP contribution is 2.41. The molecule has 1 saturated carbocycles. The molecule has 20 heavy (non-hydrogen) atoms. The minimum atomic E-state index is -0.820. The van der Waals surface area contributed by atoms with Gasteiger partial charge in [-0.05, 0) is 37.3 Å². The molecule has 1 fully saturated rings. The van der Waals surface area contributed by atoms with E-state index >= 15 is 0 Å². The summed E-state index contributed by atoms with van der Waals surface area (Å²) < 4.78 is 26.6. The molecule has 3 unspecified atom stereocenters.